The minimum absolute atomic E-state index is 0. The van der Waals surface area contributed by atoms with Gasteiger partial charge in [-0.1, -0.05) is 6.42 Å². The predicted octanol–water partition coefficient (Wildman–Crippen LogP) is 2.99. The molecule has 1 rings (SSSR count). The van der Waals surface area contributed by atoms with E-state index in [0.717, 1.165) is 11.2 Å². The Hall–Kier alpha value is 0.500. The fourth-order valence-electron chi connectivity index (χ4n) is 2.45. The van der Waals surface area contributed by atoms with Gasteiger partial charge in [-0.25, -0.2) is 0 Å². The van der Waals surface area contributed by atoms with E-state index in [-0.39, 0.29) is 28.7 Å². The van der Waals surface area contributed by atoms with Crippen molar-refractivity contribution in [2.24, 2.45) is 4.99 Å². The maximum absolute atomic E-state index is 12.0. The predicted molar refractivity (Wildman–Crippen MR) is 112 cm³/mol. The molecule has 0 aromatic carbocycles. The van der Waals surface area contributed by atoms with E-state index < -0.39 is 10.8 Å². The lowest BCUT2D eigenvalue weighted by atomic mass is 9.95. The molecule has 0 radical (unpaired) electrons. The quantitative estimate of drug-likeness (QED) is 0.376. The molecule has 2 N–H and O–H groups in total. The molecule has 1 aliphatic carbocycles. The molecular weight excluding hydrogens is 429 g/mol. The van der Waals surface area contributed by atoms with Gasteiger partial charge in [-0.3, -0.25) is 9.20 Å². The Bertz CT molecular complexity index is 372. The molecular formula is C15H32IN3OS2. The highest BCUT2D eigenvalue weighted by molar-refractivity contribution is 14.0. The second kappa shape index (κ2) is 11.1. The second-order valence-corrected chi connectivity index (χ2v) is 9.99. The van der Waals surface area contributed by atoms with Gasteiger partial charge >= 0.3 is 0 Å². The maximum Gasteiger partial charge on any atom is 0.191 e. The summed E-state index contributed by atoms with van der Waals surface area (Å²) < 4.78 is 11.9. The first-order chi connectivity index (χ1) is 9.86. The largest absolute Gasteiger partial charge is 0.355 e. The highest BCUT2D eigenvalue weighted by Gasteiger charge is 2.22. The molecule has 4 nitrogen and oxygen atoms in total. The summed E-state index contributed by atoms with van der Waals surface area (Å²) in [6.07, 6.45) is 7.23. The molecule has 22 heavy (non-hydrogen) atoms. The van der Waals surface area contributed by atoms with E-state index in [2.05, 4.69) is 21.9 Å². The second-order valence-electron chi connectivity index (χ2n) is 6.53. The maximum atomic E-state index is 12.0. The molecule has 0 aromatic rings. The van der Waals surface area contributed by atoms with Gasteiger partial charge in [0.05, 0.1) is 0 Å². The summed E-state index contributed by atoms with van der Waals surface area (Å²) in [6, 6.07) is 0.510. The molecule has 0 aromatic heterocycles. The number of nitrogens with one attached hydrogen (secondary N) is 2. The smallest absolute Gasteiger partial charge is 0.191 e. The minimum atomic E-state index is -0.818. The van der Waals surface area contributed by atoms with E-state index in [1.807, 2.05) is 32.5 Å². The third kappa shape index (κ3) is 8.38. The lowest BCUT2D eigenvalue weighted by Crippen LogP contribution is -2.46. The molecule has 1 fully saturated rings. The van der Waals surface area contributed by atoms with Crippen molar-refractivity contribution in [1.82, 2.24) is 10.6 Å². The minimum Gasteiger partial charge on any atom is -0.355 e. The van der Waals surface area contributed by atoms with Crippen molar-refractivity contribution < 1.29 is 4.21 Å². The van der Waals surface area contributed by atoms with Crippen LogP contribution in [0.15, 0.2) is 4.99 Å². The molecule has 1 aliphatic rings. The highest BCUT2D eigenvalue weighted by Crippen LogP contribution is 2.26. The van der Waals surface area contributed by atoms with E-state index in [4.69, 9.17) is 0 Å². The zero-order valence-electron chi connectivity index (χ0n) is 14.5. The number of guanidine groups is 1. The molecule has 0 saturated heterocycles. The topological polar surface area (TPSA) is 53.5 Å². The van der Waals surface area contributed by atoms with E-state index in [0.29, 0.717) is 18.3 Å². The SMILES string of the molecule is CN=C(NCCS(=O)C(C)(C)C)NC1CCCC(SC)C1.I. The molecule has 0 heterocycles. The number of nitrogens with zero attached hydrogens (tertiary/aromatic N) is 1. The van der Waals surface area contributed by atoms with Gasteiger partial charge in [0.1, 0.15) is 0 Å². The van der Waals surface area contributed by atoms with Gasteiger partial charge in [0.2, 0.25) is 0 Å². The van der Waals surface area contributed by atoms with Gasteiger partial charge in [0.15, 0.2) is 5.96 Å². The number of thioether (sulfide) groups is 1. The van der Waals surface area contributed by atoms with Crippen molar-refractivity contribution in [3.8, 4) is 0 Å². The van der Waals surface area contributed by atoms with Crippen molar-refractivity contribution in [3.63, 3.8) is 0 Å². The number of rotatable bonds is 5. The van der Waals surface area contributed by atoms with E-state index in [1.165, 1.54) is 25.7 Å². The van der Waals surface area contributed by atoms with Crippen molar-refractivity contribution >= 4 is 52.5 Å². The van der Waals surface area contributed by atoms with Gasteiger partial charge in [-0.2, -0.15) is 11.8 Å². The van der Waals surface area contributed by atoms with E-state index >= 15 is 0 Å². The number of aliphatic imine (C=N–C) groups is 1. The first-order valence-corrected chi connectivity index (χ1v) is 10.4. The summed E-state index contributed by atoms with van der Waals surface area (Å²) in [5, 5.41) is 7.57. The normalized spacial score (nSPS) is 24.3. The zero-order valence-corrected chi connectivity index (χ0v) is 18.4. The summed E-state index contributed by atoms with van der Waals surface area (Å²) in [6.45, 7) is 6.74. The Balaban J connectivity index is 0.00000441. The van der Waals surface area contributed by atoms with Crippen LogP contribution in [-0.4, -0.2) is 51.8 Å². The van der Waals surface area contributed by atoms with Crippen LogP contribution in [0.2, 0.25) is 0 Å². The first kappa shape index (κ1) is 22.5. The van der Waals surface area contributed by atoms with Crippen molar-refractivity contribution in [2.75, 3.05) is 25.6 Å². The van der Waals surface area contributed by atoms with Gasteiger partial charge < -0.3 is 10.6 Å². The first-order valence-electron chi connectivity index (χ1n) is 7.75. The van der Waals surface area contributed by atoms with Crippen LogP contribution < -0.4 is 10.6 Å². The highest BCUT2D eigenvalue weighted by atomic mass is 127. The molecule has 3 atom stereocenters. The molecule has 1 saturated carbocycles. The molecule has 7 heteroatoms. The summed E-state index contributed by atoms with van der Waals surface area (Å²) in [5.41, 5.74) is 0. The van der Waals surface area contributed by atoms with Crippen LogP contribution in [0.25, 0.3) is 0 Å². The van der Waals surface area contributed by atoms with Crippen LogP contribution >= 0.6 is 35.7 Å². The van der Waals surface area contributed by atoms with E-state index in [1.54, 1.807) is 7.05 Å². The monoisotopic (exact) mass is 461 g/mol. The number of halogens is 1. The molecule has 0 amide bonds. The average Bonchev–Trinajstić information content (AvgIpc) is 2.45. The average molecular weight is 461 g/mol. The lowest BCUT2D eigenvalue weighted by molar-refractivity contribution is 0.419. The van der Waals surface area contributed by atoms with Crippen LogP contribution in [-0.2, 0) is 10.8 Å². The molecule has 0 spiro atoms. The van der Waals surface area contributed by atoms with Crippen LogP contribution in [0.5, 0.6) is 0 Å². The fraction of sp³-hybridized carbons (Fsp3) is 0.933. The summed E-state index contributed by atoms with van der Waals surface area (Å²) in [7, 11) is 0.978. The Kier molecular flexibility index (Phi) is 11.4. The number of hydrogen-bond donors (Lipinski definition) is 2. The van der Waals surface area contributed by atoms with Gasteiger partial charge in [-0.15, -0.1) is 24.0 Å². The fourth-order valence-corrected chi connectivity index (χ4v) is 4.17. The summed E-state index contributed by atoms with van der Waals surface area (Å²) in [5.74, 6) is 1.50. The number of hydrogen-bond acceptors (Lipinski definition) is 3. The van der Waals surface area contributed by atoms with Crippen LogP contribution in [0.4, 0.5) is 0 Å². The van der Waals surface area contributed by atoms with Crippen molar-refractivity contribution in [2.45, 2.75) is 62.5 Å². The van der Waals surface area contributed by atoms with E-state index in [9.17, 15) is 4.21 Å². The Labute approximate surface area is 159 Å². The van der Waals surface area contributed by atoms with Crippen molar-refractivity contribution in [3.05, 3.63) is 0 Å². The third-order valence-electron chi connectivity index (χ3n) is 3.79. The van der Waals surface area contributed by atoms with Crippen LogP contribution in [0.1, 0.15) is 46.5 Å². The van der Waals surface area contributed by atoms with Crippen LogP contribution in [0.3, 0.4) is 0 Å². The van der Waals surface area contributed by atoms with Gasteiger partial charge in [0, 0.05) is 46.2 Å². The molecule has 0 aliphatic heterocycles. The summed E-state index contributed by atoms with van der Waals surface area (Å²) >= 11 is 1.97. The van der Waals surface area contributed by atoms with Crippen molar-refractivity contribution in [1.29, 1.82) is 0 Å². The zero-order chi connectivity index (χ0) is 15.9. The molecule has 0 bridgehead atoms. The molecule has 132 valence electrons. The van der Waals surface area contributed by atoms with Crippen LogP contribution in [0, 0.1) is 0 Å². The Morgan fingerprint density at radius 1 is 1.36 bits per heavy atom. The Morgan fingerprint density at radius 2 is 2.05 bits per heavy atom. The standard InChI is InChI=1S/C15H31N3OS2.HI/c1-15(2,3)21(19)10-9-17-14(16-4)18-12-7-6-8-13(11-12)20-5;/h12-13H,6-11H2,1-5H3,(H2,16,17,18);1H. The summed E-state index contributed by atoms with van der Waals surface area (Å²) in [4.78, 5) is 4.28. The van der Waals surface area contributed by atoms with Gasteiger partial charge in [0.25, 0.3) is 0 Å². The van der Waals surface area contributed by atoms with Gasteiger partial charge in [-0.05, 0) is 46.3 Å². The Morgan fingerprint density at radius 3 is 2.59 bits per heavy atom. The lowest BCUT2D eigenvalue weighted by Gasteiger charge is -2.30. The molecule has 3 unspecified atom stereocenters. The third-order valence-corrected chi connectivity index (χ3v) is 6.82.